The van der Waals surface area contributed by atoms with Gasteiger partial charge in [0.1, 0.15) is 0 Å². The Balaban J connectivity index is 1.44. The predicted molar refractivity (Wildman–Crippen MR) is 80.9 cm³/mol. The minimum Gasteiger partial charge on any atom is -0.338 e. The molecule has 5 heteroatoms. The zero-order valence-electron chi connectivity index (χ0n) is 12.6. The van der Waals surface area contributed by atoms with Gasteiger partial charge in [-0.05, 0) is 12.0 Å². The van der Waals surface area contributed by atoms with Crippen molar-refractivity contribution in [2.24, 2.45) is 5.92 Å². The van der Waals surface area contributed by atoms with Crippen molar-refractivity contribution in [3.8, 4) is 0 Å². The number of piperazine rings is 1. The first-order valence-corrected chi connectivity index (χ1v) is 7.71. The van der Waals surface area contributed by atoms with Gasteiger partial charge in [-0.3, -0.25) is 9.80 Å². The normalized spacial score (nSPS) is 22.2. The Hall–Kier alpha value is -1.20. The van der Waals surface area contributed by atoms with E-state index >= 15 is 0 Å². The quantitative estimate of drug-likeness (QED) is 0.817. The van der Waals surface area contributed by atoms with Gasteiger partial charge in [0.05, 0.1) is 0 Å². The second-order valence-electron chi connectivity index (χ2n) is 6.34. The third-order valence-electron chi connectivity index (χ3n) is 4.23. The van der Waals surface area contributed by atoms with Gasteiger partial charge in [-0.1, -0.05) is 13.8 Å². The molecule has 0 N–H and O–H groups in total. The number of aromatic nitrogens is 2. The highest BCUT2D eigenvalue weighted by Gasteiger charge is 2.33. The smallest absolute Gasteiger partial charge is 0.225 e. The van der Waals surface area contributed by atoms with Crippen molar-refractivity contribution in [3.05, 3.63) is 18.5 Å². The molecule has 2 saturated heterocycles. The molecule has 110 valence electrons. The van der Waals surface area contributed by atoms with Crippen molar-refractivity contribution >= 4 is 5.95 Å². The summed E-state index contributed by atoms with van der Waals surface area (Å²) in [7, 11) is 0. The standard InChI is InChI=1S/C15H25N5/c1-13(2)10-18-11-14(12-18)19-6-8-20(9-7-19)15-16-4-3-5-17-15/h3-5,13-14H,6-12H2,1-2H3. The number of rotatable bonds is 4. The average Bonchev–Trinajstić information content (AvgIpc) is 2.43. The Morgan fingerprint density at radius 2 is 1.75 bits per heavy atom. The lowest BCUT2D eigenvalue weighted by Crippen LogP contribution is -2.63. The molecule has 0 atom stereocenters. The Morgan fingerprint density at radius 3 is 2.35 bits per heavy atom. The van der Waals surface area contributed by atoms with Crippen LogP contribution in [-0.2, 0) is 0 Å². The molecule has 1 aromatic rings. The largest absolute Gasteiger partial charge is 0.338 e. The van der Waals surface area contributed by atoms with E-state index in [1.54, 1.807) is 0 Å². The monoisotopic (exact) mass is 275 g/mol. The molecule has 0 amide bonds. The molecule has 2 aliphatic heterocycles. The summed E-state index contributed by atoms with van der Waals surface area (Å²) in [5.74, 6) is 1.66. The highest BCUT2D eigenvalue weighted by Crippen LogP contribution is 2.19. The molecule has 0 saturated carbocycles. The highest BCUT2D eigenvalue weighted by atomic mass is 15.4. The summed E-state index contributed by atoms with van der Waals surface area (Å²) >= 11 is 0. The zero-order chi connectivity index (χ0) is 13.9. The Morgan fingerprint density at radius 1 is 1.10 bits per heavy atom. The van der Waals surface area contributed by atoms with E-state index in [1.807, 2.05) is 18.5 Å². The number of hydrogen-bond donors (Lipinski definition) is 0. The Labute approximate surface area is 121 Å². The summed E-state index contributed by atoms with van der Waals surface area (Å²) in [6.07, 6.45) is 3.65. The second kappa shape index (κ2) is 6.06. The first-order chi connectivity index (χ1) is 9.72. The minimum absolute atomic E-state index is 0.771. The van der Waals surface area contributed by atoms with Gasteiger partial charge in [0.2, 0.25) is 5.95 Å². The first-order valence-electron chi connectivity index (χ1n) is 7.71. The van der Waals surface area contributed by atoms with E-state index in [-0.39, 0.29) is 0 Å². The molecule has 0 radical (unpaired) electrons. The van der Waals surface area contributed by atoms with Gasteiger partial charge in [-0.15, -0.1) is 0 Å². The first kappa shape index (κ1) is 13.8. The fraction of sp³-hybridized carbons (Fsp3) is 0.733. The maximum atomic E-state index is 4.34. The molecule has 5 nitrogen and oxygen atoms in total. The molecule has 0 aromatic carbocycles. The minimum atomic E-state index is 0.771. The van der Waals surface area contributed by atoms with Crippen molar-refractivity contribution in [1.29, 1.82) is 0 Å². The van der Waals surface area contributed by atoms with Crippen molar-refractivity contribution < 1.29 is 0 Å². The molecule has 2 aliphatic rings. The van der Waals surface area contributed by atoms with Crippen molar-refractivity contribution in [1.82, 2.24) is 19.8 Å². The van der Waals surface area contributed by atoms with Gasteiger partial charge in [0.25, 0.3) is 0 Å². The van der Waals surface area contributed by atoms with Gasteiger partial charge in [-0.2, -0.15) is 0 Å². The SMILES string of the molecule is CC(C)CN1CC(N2CCN(c3ncccn3)CC2)C1. The topological polar surface area (TPSA) is 35.5 Å². The van der Waals surface area contributed by atoms with Crippen LogP contribution in [0.1, 0.15) is 13.8 Å². The van der Waals surface area contributed by atoms with Crippen LogP contribution in [0.2, 0.25) is 0 Å². The molecule has 3 rings (SSSR count). The lowest BCUT2D eigenvalue weighted by Gasteiger charge is -2.48. The fourth-order valence-electron chi connectivity index (χ4n) is 3.18. The molecule has 0 aliphatic carbocycles. The van der Waals surface area contributed by atoms with Crippen LogP contribution < -0.4 is 4.90 Å². The molecule has 2 fully saturated rings. The van der Waals surface area contributed by atoms with Crippen LogP contribution in [-0.4, -0.2) is 71.6 Å². The number of likely N-dealkylation sites (tertiary alicyclic amines) is 1. The summed E-state index contributed by atoms with van der Waals surface area (Å²) in [5.41, 5.74) is 0. The maximum Gasteiger partial charge on any atom is 0.225 e. The lowest BCUT2D eigenvalue weighted by molar-refractivity contribution is 0.0238. The van der Waals surface area contributed by atoms with Gasteiger partial charge in [0, 0.05) is 64.2 Å². The molecule has 1 aromatic heterocycles. The summed E-state index contributed by atoms with van der Waals surface area (Å²) in [6, 6.07) is 2.64. The van der Waals surface area contributed by atoms with Crippen LogP contribution >= 0.6 is 0 Å². The summed E-state index contributed by atoms with van der Waals surface area (Å²) in [4.78, 5) is 16.2. The Kier molecular flexibility index (Phi) is 4.17. The third-order valence-corrected chi connectivity index (χ3v) is 4.23. The van der Waals surface area contributed by atoms with Crippen LogP contribution in [0, 0.1) is 5.92 Å². The van der Waals surface area contributed by atoms with Crippen LogP contribution in [0.3, 0.4) is 0 Å². The van der Waals surface area contributed by atoms with E-state index in [1.165, 1.54) is 19.6 Å². The summed E-state index contributed by atoms with van der Waals surface area (Å²) < 4.78 is 0. The van der Waals surface area contributed by atoms with Crippen LogP contribution in [0.25, 0.3) is 0 Å². The second-order valence-corrected chi connectivity index (χ2v) is 6.34. The molecule has 0 bridgehead atoms. The highest BCUT2D eigenvalue weighted by molar-refractivity contribution is 5.29. The summed E-state index contributed by atoms with van der Waals surface area (Å²) in [5, 5.41) is 0. The van der Waals surface area contributed by atoms with Crippen LogP contribution in [0.5, 0.6) is 0 Å². The van der Waals surface area contributed by atoms with Crippen LogP contribution in [0.15, 0.2) is 18.5 Å². The van der Waals surface area contributed by atoms with Gasteiger partial charge < -0.3 is 4.90 Å². The van der Waals surface area contributed by atoms with E-state index in [4.69, 9.17) is 0 Å². The summed E-state index contributed by atoms with van der Waals surface area (Å²) in [6.45, 7) is 12.7. The van der Waals surface area contributed by atoms with E-state index in [0.29, 0.717) is 0 Å². The van der Waals surface area contributed by atoms with Gasteiger partial charge in [-0.25, -0.2) is 9.97 Å². The zero-order valence-corrected chi connectivity index (χ0v) is 12.6. The van der Waals surface area contributed by atoms with E-state index in [0.717, 1.165) is 44.1 Å². The van der Waals surface area contributed by atoms with E-state index < -0.39 is 0 Å². The molecule has 20 heavy (non-hydrogen) atoms. The number of hydrogen-bond acceptors (Lipinski definition) is 5. The predicted octanol–water partition coefficient (Wildman–Crippen LogP) is 0.939. The molecular weight excluding hydrogens is 250 g/mol. The van der Waals surface area contributed by atoms with Gasteiger partial charge >= 0.3 is 0 Å². The maximum absolute atomic E-state index is 4.34. The number of nitrogens with zero attached hydrogens (tertiary/aromatic N) is 5. The van der Waals surface area contributed by atoms with Gasteiger partial charge in [0.15, 0.2) is 0 Å². The average molecular weight is 275 g/mol. The van der Waals surface area contributed by atoms with E-state index in [9.17, 15) is 0 Å². The van der Waals surface area contributed by atoms with E-state index in [2.05, 4.69) is 38.5 Å². The molecular formula is C15H25N5. The molecule has 0 unspecified atom stereocenters. The Bertz CT molecular complexity index is 408. The molecule has 0 spiro atoms. The van der Waals surface area contributed by atoms with Crippen molar-refractivity contribution in [2.75, 3.05) is 50.7 Å². The van der Waals surface area contributed by atoms with Crippen molar-refractivity contribution in [3.63, 3.8) is 0 Å². The molecule has 3 heterocycles. The van der Waals surface area contributed by atoms with Crippen LogP contribution in [0.4, 0.5) is 5.95 Å². The van der Waals surface area contributed by atoms with Crippen molar-refractivity contribution in [2.45, 2.75) is 19.9 Å². The fourth-order valence-corrected chi connectivity index (χ4v) is 3.18. The number of anilines is 1. The third kappa shape index (κ3) is 3.10. The lowest BCUT2D eigenvalue weighted by atomic mass is 10.0.